The first kappa shape index (κ1) is 38.8. The number of hydrogen-bond acceptors (Lipinski definition) is 6. The normalized spacial score (nSPS) is 13.6. The number of hydrogen-bond donors (Lipinski definition) is 5. The molecule has 5 N–H and O–H groups in total. The van der Waals surface area contributed by atoms with Gasteiger partial charge >= 0.3 is 7.82 Å². The number of carbonyl (C=O) groups is 1. The number of quaternary nitrogens is 1. The molecular formula is C27H59NO8P+. The zero-order valence-electron chi connectivity index (χ0n) is 24.2. The molecule has 0 aliphatic heterocycles. The first-order valence-corrected chi connectivity index (χ1v) is 15.9. The molecule has 224 valence electrons. The van der Waals surface area contributed by atoms with Crippen LogP contribution in [0.3, 0.4) is 0 Å². The minimum Gasteiger partial charge on any atom is -0.394 e. The summed E-state index contributed by atoms with van der Waals surface area (Å²) in [5.41, 5.74) is 0. The summed E-state index contributed by atoms with van der Waals surface area (Å²) in [6, 6.07) is 0. The molecule has 0 aliphatic carbocycles. The van der Waals surface area contributed by atoms with Crippen molar-refractivity contribution in [3.63, 3.8) is 0 Å². The third-order valence-electron chi connectivity index (χ3n) is 6.18. The van der Waals surface area contributed by atoms with E-state index < -0.39 is 26.6 Å². The van der Waals surface area contributed by atoms with E-state index in [1.807, 2.05) is 21.1 Å². The fraction of sp³-hybridized carbons (Fsp3) is 0.963. The molecule has 0 aromatic rings. The topological polar surface area (TPSA) is 145 Å². The van der Waals surface area contributed by atoms with Crippen LogP contribution in [0.25, 0.3) is 0 Å². The van der Waals surface area contributed by atoms with Gasteiger partial charge in [0.2, 0.25) is 0 Å². The van der Waals surface area contributed by atoms with Gasteiger partial charge in [0, 0.05) is 6.42 Å². The zero-order valence-corrected chi connectivity index (χ0v) is 25.0. The predicted molar refractivity (Wildman–Crippen MR) is 149 cm³/mol. The Morgan fingerprint density at radius 2 is 1.14 bits per heavy atom. The predicted octanol–water partition coefficient (Wildman–Crippen LogP) is 4.72. The van der Waals surface area contributed by atoms with Crippen LogP contribution < -0.4 is 0 Å². The van der Waals surface area contributed by atoms with E-state index in [2.05, 4.69) is 11.4 Å². The van der Waals surface area contributed by atoms with Crippen molar-refractivity contribution in [3.8, 4) is 0 Å². The summed E-state index contributed by atoms with van der Waals surface area (Å²) in [5, 5.41) is 27.4. The van der Waals surface area contributed by atoms with Crippen LogP contribution in [-0.2, 0) is 13.9 Å². The first-order chi connectivity index (χ1) is 17.3. The Kier molecular flexibility index (Phi) is 25.8. The molecule has 0 amide bonds. The van der Waals surface area contributed by atoms with Crippen molar-refractivity contribution in [2.24, 2.45) is 0 Å². The van der Waals surface area contributed by atoms with Gasteiger partial charge in [-0.3, -0.25) is 9.32 Å². The van der Waals surface area contributed by atoms with Crippen molar-refractivity contribution >= 4 is 13.6 Å². The fourth-order valence-corrected chi connectivity index (χ4v) is 4.06. The number of rotatable bonds is 24. The fourth-order valence-electron chi connectivity index (χ4n) is 3.74. The molecule has 0 spiro atoms. The molecule has 10 heteroatoms. The molecule has 0 bridgehead atoms. The summed E-state index contributed by atoms with van der Waals surface area (Å²) in [5.74, 6) is -0.364. The second-order valence-corrected chi connectivity index (χ2v) is 12.3. The van der Waals surface area contributed by atoms with Crippen molar-refractivity contribution in [1.82, 2.24) is 0 Å². The van der Waals surface area contributed by atoms with Crippen LogP contribution in [0.2, 0.25) is 0 Å². The van der Waals surface area contributed by atoms with Crippen molar-refractivity contribution in [3.05, 3.63) is 0 Å². The Hall–Kier alpha value is -0.380. The van der Waals surface area contributed by atoms with E-state index in [0.29, 0.717) is 11.0 Å². The zero-order chi connectivity index (χ0) is 28.6. The molecule has 0 radical (unpaired) electrons. The van der Waals surface area contributed by atoms with Gasteiger partial charge < -0.3 is 29.6 Å². The number of ketones is 1. The number of phosphoric acid groups is 1. The maximum absolute atomic E-state index is 11.6. The molecule has 0 aromatic carbocycles. The van der Waals surface area contributed by atoms with E-state index in [9.17, 15) is 19.6 Å². The summed E-state index contributed by atoms with van der Waals surface area (Å²) in [6.07, 6.45) is 18.1. The van der Waals surface area contributed by atoms with Gasteiger partial charge in [-0.25, -0.2) is 4.57 Å². The second-order valence-electron chi connectivity index (χ2n) is 11.1. The van der Waals surface area contributed by atoms with Gasteiger partial charge in [0.1, 0.15) is 25.4 Å². The number of phosphoric ester groups is 1. The van der Waals surface area contributed by atoms with Crippen LogP contribution in [0.5, 0.6) is 0 Å². The van der Waals surface area contributed by atoms with Gasteiger partial charge in [0.05, 0.1) is 27.7 Å². The lowest BCUT2D eigenvalue weighted by atomic mass is 10.0. The summed E-state index contributed by atoms with van der Waals surface area (Å²) in [6.45, 7) is 2.34. The van der Waals surface area contributed by atoms with Crippen LogP contribution in [-0.4, -0.2) is 88.5 Å². The lowest BCUT2D eigenvalue weighted by Crippen LogP contribution is -2.37. The van der Waals surface area contributed by atoms with Crippen LogP contribution >= 0.6 is 7.82 Å². The number of nitrogens with zero attached hydrogens (tertiary/aromatic N) is 1. The molecule has 9 nitrogen and oxygen atoms in total. The third kappa shape index (κ3) is 31.7. The van der Waals surface area contributed by atoms with Crippen LogP contribution in [0.4, 0.5) is 0 Å². The second kappa shape index (κ2) is 24.6. The van der Waals surface area contributed by atoms with E-state index in [-0.39, 0.29) is 18.8 Å². The lowest BCUT2D eigenvalue weighted by molar-refractivity contribution is -0.870. The number of carbonyl (C=O) groups excluding carboxylic acids is 1. The highest BCUT2D eigenvalue weighted by atomic mass is 31.2. The Bertz CT molecular complexity index is 565. The van der Waals surface area contributed by atoms with Crippen molar-refractivity contribution in [1.29, 1.82) is 0 Å². The van der Waals surface area contributed by atoms with Crippen molar-refractivity contribution in [2.45, 2.75) is 128 Å². The number of aliphatic hydroxyl groups is 3. The molecular weight excluding hydrogens is 497 g/mol. The van der Waals surface area contributed by atoms with Gasteiger partial charge in [0.15, 0.2) is 5.78 Å². The van der Waals surface area contributed by atoms with Crippen LogP contribution in [0.1, 0.15) is 116 Å². The molecule has 0 fully saturated rings. The molecule has 2 atom stereocenters. The SMILES string of the molecule is CCCCCCCCCCCCCCCCCCC(=O)C(O)C(O)CO.C[N+](C)(C)CCOP(=O)(O)O. The molecule has 0 saturated heterocycles. The van der Waals surface area contributed by atoms with Crippen molar-refractivity contribution in [2.75, 3.05) is 40.9 Å². The monoisotopic (exact) mass is 556 g/mol. The highest BCUT2D eigenvalue weighted by Gasteiger charge is 2.22. The summed E-state index contributed by atoms with van der Waals surface area (Å²) in [4.78, 5) is 28.2. The molecule has 0 rings (SSSR count). The number of Topliss-reactive ketones (excluding diaryl/α,β-unsaturated/α-hetero) is 1. The number of aliphatic hydroxyl groups excluding tert-OH is 3. The van der Waals surface area contributed by atoms with Gasteiger partial charge in [-0.1, -0.05) is 103 Å². The van der Waals surface area contributed by atoms with E-state index in [0.717, 1.165) is 19.3 Å². The average molecular weight is 557 g/mol. The quantitative estimate of drug-likeness (QED) is 0.0652. The maximum atomic E-state index is 11.6. The third-order valence-corrected chi connectivity index (χ3v) is 6.70. The summed E-state index contributed by atoms with van der Waals surface area (Å²) in [7, 11) is 1.50. The van der Waals surface area contributed by atoms with Gasteiger partial charge in [0.25, 0.3) is 0 Å². The highest BCUT2D eigenvalue weighted by molar-refractivity contribution is 7.46. The lowest BCUT2D eigenvalue weighted by Gasteiger charge is -2.23. The Balaban J connectivity index is 0. The molecule has 0 saturated carbocycles. The average Bonchev–Trinajstić information content (AvgIpc) is 2.81. The minimum absolute atomic E-state index is 0.0772. The van der Waals surface area contributed by atoms with Crippen molar-refractivity contribution < 1.29 is 43.5 Å². The van der Waals surface area contributed by atoms with Gasteiger partial charge in [-0.2, -0.15) is 0 Å². The minimum atomic E-state index is -4.26. The summed E-state index contributed by atoms with van der Waals surface area (Å²) >= 11 is 0. The van der Waals surface area contributed by atoms with E-state index in [4.69, 9.17) is 14.9 Å². The Morgan fingerprint density at radius 1 is 0.757 bits per heavy atom. The van der Waals surface area contributed by atoms with Crippen LogP contribution in [0, 0.1) is 0 Å². The molecule has 37 heavy (non-hydrogen) atoms. The maximum Gasteiger partial charge on any atom is 0.469 e. The van der Waals surface area contributed by atoms with E-state index in [1.165, 1.54) is 83.5 Å². The smallest absolute Gasteiger partial charge is 0.394 e. The standard InChI is InChI=1S/C22H44O4.C5H14NO4P/c1-2-3-4-5-6-7-8-9-10-11-12-13-14-15-16-17-18-20(24)22(26)21(25)19-23;1-6(2,3)4-5-10-11(7,8)9/h21-23,25-26H,2-19H2,1H3;4-5H2,1-3H3,(H-,7,8,9)/p+1. The Labute approximate surface area is 226 Å². The van der Waals surface area contributed by atoms with E-state index >= 15 is 0 Å². The Morgan fingerprint density at radius 3 is 1.46 bits per heavy atom. The number of unbranched alkanes of at least 4 members (excludes halogenated alkanes) is 15. The highest BCUT2D eigenvalue weighted by Crippen LogP contribution is 2.35. The molecule has 0 aromatic heterocycles. The van der Waals surface area contributed by atoms with Gasteiger partial charge in [-0.15, -0.1) is 0 Å². The van der Waals surface area contributed by atoms with E-state index in [1.54, 1.807) is 0 Å². The van der Waals surface area contributed by atoms with Crippen LogP contribution in [0.15, 0.2) is 0 Å². The van der Waals surface area contributed by atoms with Gasteiger partial charge in [-0.05, 0) is 6.42 Å². The molecule has 0 heterocycles. The largest absolute Gasteiger partial charge is 0.469 e. The molecule has 0 aliphatic rings. The number of likely N-dealkylation sites (N-methyl/N-ethyl adjacent to an activating group) is 1. The first-order valence-electron chi connectivity index (χ1n) is 14.3. The summed E-state index contributed by atoms with van der Waals surface area (Å²) < 4.78 is 15.1. The molecule has 2 unspecified atom stereocenters.